The monoisotopic (exact) mass is 381 g/mol. The first-order valence-corrected chi connectivity index (χ1v) is 9.36. The predicted octanol–water partition coefficient (Wildman–Crippen LogP) is 1.76. The van der Waals surface area contributed by atoms with Gasteiger partial charge in [-0.05, 0) is 44.2 Å². The van der Waals surface area contributed by atoms with Gasteiger partial charge in [-0.3, -0.25) is 19.2 Å². The number of nitrogens with one attached hydrogen (secondary N) is 2. The van der Waals surface area contributed by atoms with Crippen LogP contribution in [0.5, 0.6) is 0 Å². The van der Waals surface area contributed by atoms with Crippen molar-refractivity contribution in [3.63, 3.8) is 0 Å². The summed E-state index contributed by atoms with van der Waals surface area (Å²) in [4.78, 5) is 39.4. The van der Waals surface area contributed by atoms with Crippen LogP contribution in [-0.4, -0.2) is 39.1 Å². The van der Waals surface area contributed by atoms with Crippen LogP contribution < -0.4 is 10.6 Å². The minimum atomic E-state index is -1.06. The van der Waals surface area contributed by atoms with Crippen molar-refractivity contribution < 1.29 is 14.4 Å². The highest BCUT2D eigenvalue weighted by molar-refractivity contribution is 6.10. The Labute approximate surface area is 162 Å². The van der Waals surface area contributed by atoms with Crippen molar-refractivity contribution in [2.24, 2.45) is 7.05 Å². The molecule has 2 aliphatic rings. The van der Waals surface area contributed by atoms with Crippen LogP contribution in [-0.2, 0) is 28.6 Å². The van der Waals surface area contributed by atoms with Crippen LogP contribution in [0.2, 0.25) is 0 Å². The van der Waals surface area contributed by atoms with Crippen LogP contribution in [0, 0.1) is 13.8 Å². The standard InChI is InChI=1S/C20H23N5O3/c1-12-17(13(2)24(3)23-12)21-16(26)11-25-18(27)20(22-19(25)28)10-6-8-14-7-4-5-9-15(14)20/h4-5,7,9H,6,8,10-11H2,1-3H3,(H,21,26)(H,22,28)/t20-/m1/s1. The van der Waals surface area contributed by atoms with Gasteiger partial charge in [0.25, 0.3) is 5.91 Å². The lowest BCUT2D eigenvalue weighted by Crippen LogP contribution is -2.47. The smallest absolute Gasteiger partial charge is 0.321 e. The number of hydrogen-bond acceptors (Lipinski definition) is 4. The Bertz CT molecular complexity index is 996. The maximum Gasteiger partial charge on any atom is 0.325 e. The van der Waals surface area contributed by atoms with Crippen LogP contribution in [0.1, 0.15) is 35.4 Å². The molecular weight excluding hydrogens is 358 g/mol. The van der Waals surface area contributed by atoms with E-state index in [-0.39, 0.29) is 12.5 Å². The Balaban J connectivity index is 1.57. The molecule has 1 aliphatic heterocycles. The van der Waals surface area contributed by atoms with Gasteiger partial charge in [0.15, 0.2) is 0 Å². The van der Waals surface area contributed by atoms with E-state index >= 15 is 0 Å². The molecule has 8 nitrogen and oxygen atoms in total. The number of urea groups is 1. The van der Waals surface area contributed by atoms with Gasteiger partial charge >= 0.3 is 6.03 Å². The van der Waals surface area contributed by atoms with Crippen molar-refractivity contribution in [2.75, 3.05) is 11.9 Å². The second kappa shape index (κ2) is 6.47. The third-order valence-electron chi connectivity index (χ3n) is 5.73. The lowest BCUT2D eigenvalue weighted by atomic mass is 9.76. The molecule has 4 amide bonds. The SMILES string of the molecule is Cc1nn(C)c(C)c1NC(=O)CN1C(=O)N[C@@]2(CCCc3ccccc32)C1=O. The highest BCUT2D eigenvalue weighted by Gasteiger charge is 2.54. The molecule has 2 heterocycles. The molecular formula is C20H23N5O3. The summed E-state index contributed by atoms with van der Waals surface area (Å²) in [5, 5.41) is 9.90. The molecule has 8 heteroatoms. The van der Waals surface area contributed by atoms with E-state index in [1.165, 1.54) is 0 Å². The average Bonchev–Trinajstić information content (AvgIpc) is 3.04. The quantitative estimate of drug-likeness (QED) is 0.792. The third-order valence-corrected chi connectivity index (χ3v) is 5.73. The number of amides is 4. The van der Waals surface area contributed by atoms with E-state index in [0.29, 0.717) is 17.8 Å². The first-order chi connectivity index (χ1) is 13.3. The number of nitrogens with zero attached hydrogens (tertiary/aromatic N) is 3. The largest absolute Gasteiger partial charge is 0.325 e. The topological polar surface area (TPSA) is 96.3 Å². The number of anilines is 1. The maximum atomic E-state index is 13.2. The molecule has 0 radical (unpaired) electrons. The zero-order chi connectivity index (χ0) is 20.1. The fraction of sp³-hybridized carbons (Fsp3) is 0.400. The van der Waals surface area contributed by atoms with Crippen LogP contribution in [0.25, 0.3) is 0 Å². The Morgan fingerprint density at radius 2 is 2.04 bits per heavy atom. The lowest BCUT2D eigenvalue weighted by Gasteiger charge is -2.33. The number of benzene rings is 1. The van der Waals surface area contributed by atoms with Crippen molar-refractivity contribution in [1.29, 1.82) is 0 Å². The number of imide groups is 1. The fourth-order valence-electron chi connectivity index (χ4n) is 4.23. The van der Waals surface area contributed by atoms with E-state index in [4.69, 9.17) is 0 Å². The highest BCUT2D eigenvalue weighted by atomic mass is 16.2. The summed E-state index contributed by atoms with van der Waals surface area (Å²) in [6.45, 7) is 3.31. The average molecular weight is 381 g/mol. The summed E-state index contributed by atoms with van der Waals surface area (Å²) in [5.41, 5.74) is 2.93. The van der Waals surface area contributed by atoms with E-state index in [9.17, 15) is 14.4 Å². The number of carbonyl (C=O) groups is 3. The van der Waals surface area contributed by atoms with E-state index in [1.54, 1.807) is 18.7 Å². The van der Waals surface area contributed by atoms with Crippen molar-refractivity contribution in [3.05, 3.63) is 46.8 Å². The normalized spacial score (nSPS) is 21.0. The van der Waals surface area contributed by atoms with Gasteiger partial charge in [-0.15, -0.1) is 0 Å². The van der Waals surface area contributed by atoms with Gasteiger partial charge in [0.05, 0.1) is 17.1 Å². The molecule has 1 aliphatic carbocycles. The van der Waals surface area contributed by atoms with Crippen LogP contribution in [0.15, 0.2) is 24.3 Å². The van der Waals surface area contributed by atoms with Gasteiger partial charge in [0.2, 0.25) is 5.91 Å². The Hall–Kier alpha value is -3.16. The number of fused-ring (bicyclic) bond motifs is 2. The molecule has 2 aromatic rings. The van der Waals surface area contributed by atoms with Crippen molar-refractivity contribution in [3.8, 4) is 0 Å². The second-order valence-corrected chi connectivity index (χ2v) is 7.46. The molecule has 1 fully saturated rings. The first-order valence-electron chi connectivity index (χ1n) is 9.36. The van der Waals surface area contributed by atoms with Gasteiger partial charge in [-0.2, -0.15) is 5.10 Å². The fourth-order valence-corrected chi connectivity index (χ4v) is 4.23. The highest BCUT2D eigenvalue weighted by Crippen LogP contribution is 2.39. The molecule has 0 unspecified atom stereocenters. The van der Waals surface area contributed by atoms with Gasteiger partial charge in [0.1, 0.15) is 12.1 Å². The van der Waals surface area contributed by atoms with Gasteiger partial charge in [-0.25, -0.2) is 4.79 Å². The minimum Gasteiger partial charge on any atom is -0.321 e. The van der Waals surface area contributed by atoms with Crippen LogP contribution >= 0.6 is 0 Å². The van der Waals surface area contributed by atoms with Crippen molar-refractivity contribution in [2.45, 2.75) is 38.6 Å². The predicted molar refractivity (Wildman–Crippen MR) is 103 cm³/mol. The number of carbonyl (C=O) groups excluding carboxylic acids is 3. The number of hydrogen-bond donors (Lipinski definition) is 2. The van der Waals surface area contributed by atoms with Crippen LogP contribution in [0.3, 0.4) is 0 Å². The molecule has 0 saturated carbocycles. The molecule has 1 aromatic heterocycles. The number of aromatic nitrogens is 2. The number of aryl methyl sites for hydroxylation is 3. The Kier molecular flexibility index (Phi) is 4.21. The van der Waals surface area contributed by atoms with Crippen molar-refractivity contribution in [1.82, 2.24) is 20.0 Å². The molecule has 0 bridgehead atoms. The van der Waals surface area contributed by atoms with E-state index in [2.05, 4.69) is 15.7 Å². The van der Waals surface area contributed by atoms with Gasteiger partial charge < -0.3 is 10.6 Å². The summed E-state index contributed by atoms with van der Waals surface area (Å²) in [5.74, 6) is -0.789. The molecule has 146 valence electrons. The molecule has 2 N–H and O–H groups in total. The first kappa shape index (κ1) is 18.2. The summed E-state index contributed by atoms with van der Waals surface area (Å²) >= 11 is 0. The van der Waals surface area contributed by atoms with Crippen molar-refractivity contribution >= 4 is 23.5 Å². The van der Waals surface area contributed by atoms with E-state index < -0.39 is 17.5 Å². The summed E-state index contributed by atoms with van der Waals surface area (Å²) in [6, 6.07) is 7.14. The zero-order valence-corrected chi connectivity index (χ0v) is 16.2. The molecule has 4 rings (SSSR count). The van der Waals surface area contributed by atoms with Gasteiger partial charge in [0, 0.05) is 7.05 Å². The van der Waals surface area contributed by atoms with E-state index in [1.807, 2.05) is 31.2 Å². The summed E-state index contributed by atoms with van der Waals surface area (Å²) in [7, 11) is 1.79. The van der Waals surface area contributed by atoms with E-state index in [0.717, 1.165) is 34.6 Å². The summed E-state index contributed by atoms with van der Waals surface area (Å²) in [6.07, 6.45) is 2.21. The maximum absolute atomic E-state index is 13.2. The molecule has 1 spiro atoms. The third kappa shape index (κ3) is 2.67. The van der Waals surface area contributed by atoms with Gasteiger partial charge in [-0.1, -0.05) is 24.3 Å². The van der Waals surface area contributed by atoms with Crippen LogP contribution in [0.4, 0.5) is 10.5 Å². The lowest BCUT2D eigenvalue weighted by molar-refractivity contribution is -0.134. The second-order valence-electron chi connectivity index (χ2n) is 7.46. The molecule has 1 saturated heterocycles. The summed E-state index contributed by atoms with van der Waals surface area (Å²) < 4.78 is 1.67. The Morgan fingerprint density at radius 1 is 1.29 bits per heavy atom. The molecule has 1 atom stereocenters. The molecule has 1 aromatic carbocycles. The Morgan fingerprint density at radius 3 is 2.75 bits per heavy atom. The molecule has 28 heavy (non-hydrogen) atoms. The zero-order valence-electron chi connectivity index (χ0n) is 16.2. The number of rotatable bonds is 3. The minimum absolute atomic E-state index is 0.331.